The molecular formula is C12H14O2. The fourth-order valence-electron chi connectivity index (χ4n) is 0.943. The molecule has 0 spiro atoms. The Morgan fingerprint density at radius 1 is 1.36 bits per heavy atom. The Morgan fingerprint density at radius 2 is 2.00 bits per heavy atom. The van der Waals surface area contributed by atoms with Crippen LogP contribution in [0.1, 0.15) is 18.9 Å². The molecule has 1 atom stereocenters. The number of hydrogen-bond acceptors (Lipinski definition) is 2. The van der Waals surface area contributed by atoms with Gasteiger partial charge in [-0.05, 0) is 30.7 Å². The lowest BCUT2D eigenvalue weighted by Crippen LogP contribution is -1.98. The van der Waals surface area contributed by atoms with E-state index in [1.807, 2.05) is 31.2 Å². The minimum Gasteiger partial charge on any atom is -0.497 e. The Balaban J connectivity index is 2.71. The highest BCUT2D eigenvalue weighted by Crippen LogP contribution is 2.10. The largest absolute Gasteiger partial charge is 0.497 e. The molecule has 74 valence electrons. The quantitative estimate of drug-likeness (QED) is 0.721. The van der Waals surface area contributed by atoms with Gasteiger partial charge in [-0.2, -0.15) is 0 Å². The number of aliphatic hydroxyl groups excluding tert-OH is 1. The molecular weight excluding hydrogens is 176 g/mol. The van der Waals surface area contributed by atoms with Crippen LogP contribution in [0.2, 0.25) is 0 Å². The lowest BCUT2D eigenvalue weighted by Gasteiger charge is -1.98. The first kappa shape index (κ1) is 10.6. The smallest absolute Gasteiger partial charge is 0.118 e. The molecule has 0 aliphatic rings. The minimum atomic E-state index is -0.530. The van der Waals surface area contributed by atoms with E-state index in [0.717, 1.165) is 11.3 Å². The molecule has 0 heterocycles. The number of ether oxygens (including phenoxy) is 1. The van der Waals surface area contributed by atoms with Gasteiger partial charge in [-0.25, -0.2) is 0 Å². The van der Waals surface area contributed by atoms with Crippen LogP contribution in [-0.2, 0) is 0 Å². The van der Waals surface area contributed by atoms with Crippen molar-refractivity contribution in [2.45, 2.75) is 19.4 Å². The molecule has 0 bridgehead atoms. The molecule has 0 amide bonds. The molecule has 1 N–H and O–H groups in total. The monoisotopic (exact) mass is 190 g/mol. The van der Waals surface area contributed by atoms with Gasteiger partial charge >= 0.3 is 0 Å². The van der Waals surface area contributed by atoms with Crippen LogP contribution in [0.5, 0.6) is 5.75 Å². The zero-order valence-electron chi connectivity index (χ0n) is 8.45. The summed E-state index contributed by atoms with van der Waals surface area (Å²) >= 11 is 0. The average Bonchev–Trinajstić information content (AvgIpc) is 2.26. The van der Waals surface area contributed by atoms with Crippen molar-refractivity contribution < 1.29 is 9.84 Å². The number of rotatable bonds is 2. The van der Waals surface area contributed by atoms with E-state index >= 15 is 0 Å². The summed E-state index contributed by atoms with van der Waals surface area (Å²) in [5, 5.41) is 9.22. The van der Waals surface area contributed by atoms with Crippen LogP contribution in [0.4, 0.5) is 0 Å². The van der Waals surface area contributed by atoms with E-state index in [-0.39, 0.29) is 0 Å². The van der Waals surface area contributed by atoms with Gasteiger partial charge in [0, 0.05) is 5.56 Å². The van der Waals surface area contributed by atoms with E-state index in [9.17, 15) is 5.11 Å². The molecule has 1 unspecified atom stereocenters. The van der Waals surface area contributed by atoms with Gasteiger partial charge in [0.05, 0.1) is 7.11 Å². The van der Waals surface area contributed by atoms with Crippen molar-refractivity contribution in [3.63, 3.8) is 0 Å². The molecule has 0 radical (unpaired) electrons. The fourth-order valence-corrected chi connectivity index (χ4v) is 0.943. The summed E-state index contributed by atoms with van der Waals surface area (Å²) in [5.41, 5.74) is 0.887. The third kappa shape index (κ3) is 3.12. The van der Waals surface area contributed by atoms with Gasteiger partial charge in [0.1, 0.15) is 11.9 Å². The molecule has 2 heteroatoms. The normalized spacial score (nSPS) is 11.4. The third-order valence-corrected chi connectivity index (χ3v) is 1.86. The van der Waals surface area contributed by atoms with Gasteiger partial charge in [-0.3, -0.25) is 0 Å². The zero-order chi connectivity index (χ0) is 10.4. The van der Waals surface area contributed by atoms with Gasteiger partial charge in [0.15, 0.2) is 0 Å². The molecule has 1 rings (SSSR count). The van der Waals surface area contributed by atoms with Crippen molar-refractivity contribution in [3.8, 4) is 17.6 Å². The maximum atomic E-state index is 9.22. The number of methoxy groups -OCH3 is 1. The van der Waals surface area contributed by atoms with Crippen LogP contribution in [0.3, 0.4) is 0 Å². The molecule has 0 aromatic heterocycles. The highest BCUT2D eigenvalue weighted by Gasteiger charge is 1.92. The highest BCUT2D eigenvalue weighted by atomic mass is 16.5. The summed E-state index contributed by atoms with van der Waals surface area (Å²) < 4.78 is 5.02. The van der Waals surface area contributed by atoms with Gasteiger partial charge < -0.3 is 9.84 Å². The predicted molar refractivity (Wildman–Crippen MR) is 56.2 cm³/mol. The predicted octanol–water partition coefficient (Wildman–Crippen LogP) is 1.82. The first-order valence-electron chi connectivity index (χ1n) is 4.60. The summed E-state index contributed by atoms with van der Waals surface area (Å²) in [6.07, 6.45) is 0.125. The van der Waals surface area contributed by atoms with Crippen LogP contribution in [0.15, 0.2) is 24.3 Å². The van der Waals surface area contributed by atoms with Crippen LogP contribution >= 0.6 is 0 Å². The lowest BCUT2D eigenvalue weighted by molar-refractivity contribution is 0.228. The van der Waals surface area contributed by atoms with Crippen molar-refractivity contribution >= 4 is 0 Å². The average molecular weight is 190 g/mol. The maximum absolute atomic E-state index is 9.22. The summed E-state index contributed by atoms with van der Waals surface area (Å²) in [4.78, 5) is 0. The minimum absolute atomic E-state index is 0.530. The molecule has 1 aromatic rings. The van der Waals surface area contributed by atoms with Crippen LogP contribution in [-0.4, -0.2) is 18.3 Å². The Labute approximate surface area is 84.5 Å². The molecule has 0 aliphatic carbocycles. The molecule has 2 nitrogen and oxygen atoms in total. The van der Waals surface area contributed by atoms with Gasteiger partial charge in [-0.1, -0.05) is 18.8 Å². The second-order valence-electron chi connectivity index (χ2n) is 2.92. The first-order chi connectivity index (χ1) is 6.76. The summed E-state index contributed by atoms with van der Waals surface area (Å²) in [7, 11) is 1.63. The Bertz CT molecular complexity index is 330. The third-order valence-electron chi connectivity index (χ3n) is 1.86. The van der Waals surface area contributed by atoms with Crippen molar-refractivity contribution in [2.24, 2.45) is 0 Å². The standard InChI is InChI=1S/C12H14O2/c1-3-11(13)7-4-10-5-8-12(14-2)9-6-10/h5-6,8-9,11,13H,3H2,1-2H3. The van der Waals surface area contributed by atoms with E-state index < -0.39 is 6.10 Å². The van der Waals surface area contributed by atoms with E-state index in [0.29, 0.717) is 6.42 Å². The van der Waals surface area contributed by atoms with E-state index in [1.165, 1.54) is 0 Å². The first-order valence-corrected chi connectivity index (χ1v) is 4.60. The number of aliphatic hydroxyl groups is 1. The summed E-state index contributed by atoms with van der Waals surface area (Å²) in [6, 6.07) is 7.44. The van der Waals surface area contributed by atoms with Crippen molar-refractivity contribution in [2.75, 3.05) is 7.11 Å². The van der Waals surface area contributed by atoms with Gasteiger partial charge in [0.25, 0.3) is 0 Å². The second kappa shape index (κ2) is 5.31. The molecule has 1 aromatic carbocycles. The van der Waals surface area contributed by atoms with Crippen molar-refractivity contribution in [1.29, 1.82) is 0 Å². The summed E-state index contributed by atoms with van der Waals surface area (Å²) in [6.45, 7) is 1.90. The van der Waals surface area contributed by atoms with Gasteiger partial charge in [-0.15, -0.1) is 0 Å². The second-order valence-corrected chi connectivity index (χ2v) is 2.92. The van der Waals surface area contributed by atoms with Crippen LogP contribution in [0, 0.1) is 11.8 Å². The Hall–Kier alpha value is -1.46. The van der Waals surface area contributed by atoms with Gasteiger partial charge in [0.2, 0.25) is 0 Å². The molecule has 0 saturated heterocycles. The summed E-state index contributed by atoms with van der Waals surface area (Å²) in [5.74, 6) is 6.45. The lowest BCUT2D eigenvalue weighted by atomic mass is 10.2. The van der Waals surface area contributed by atoms with E-state index in [2.05, 4.69) is 11.8 Å². The number of hydrogen-bond donors (Lipinski definition) is 1. The van der Waals surface area contributed by atoms with E-state index in [4.69, 9.17) is 4.74 Å². The Kier molecular flexibility index (Phi) is 4.03. The van der Waals surface area contributed by atoms with Crippen molar-refractivity contribution in [3.05, 3.63) is 29.8 Å². The van der Waals surface area contributed by atoms with Crippen LogP contribution in [0.25, 0.3) is 0 Å². The number of benzene rings is 1. The SMILES string of the molecule is CCC(O)C#Cc1ccc(OC)cc1. The maximum Gasteiger partial charge on any atom is 0.118 e. The fraction of sp³-hybridized carbons (Fsp3) is 0.333. The van der Waals surface area contributed by atoms with Crippen molar-refractivity contribution in [1.82, 2.24) is 0 Å². The molecule has 0 saturated carbocycles. The topological polar surface area (TPSA) is 29.5 Å². The van der Waals surface area contributed by atoms with E-state index in [1.54, 1.807) is 7.11 Å². The molecule has 0 fully saturated rings. The highest BCUT2D eigenvalue weighted by molar-refractivity contribution is 5.38. The molecule has 14 heavy (non-hydrogen) atoms. The van der Waals surface area contributed by atoms with Crippen LogP contribution < -0.4 is 4.74 Å². The molecule has 0 aliphatic heterocycles. The zero-order valence-corrected chi connectivity index (χ0v) is 8.45. The Morgan fingerprint density at radius 3 is 2.50 bits per heavy atom.